The predicted molar refractivity (Wildman–Crippen MR) is 115 cm³/mol. The molecule has 0 radical (unpaired) electrons. The van der Waals surface area contributed by atoms with Crippen LogP contribution in [0, 0.1) is 16.7 Å². The fourth-order valence-corrected chi connectivity index (χ4v) is 7.11. The minimum Gasteiger partial charge on any atom is -0.353 e. The molecule has 4 rings (SSSR count). The highest BCUT2D eigenvalue weighted by atomic mass is 16.2. The minimum absolute atomic E-state index is 0.132. The van der Waals surface area contributed by atoms with Crippen LogP contribution in [0.5, 0.6) is 0 Å². The van der Waals surface area contributed by atoms with E-state index in [9.17, 15) is 4.79 Å². The number of fused-ring (bicyclic) bond motifs is 2. The molecular weight excluding hydrogens is 344 g/mol. The number of benzene rings is 1. The lowest BCUT2D eigenvalue weighted by atomic mass is 9.47. The van der Waals surface area contributed by atoms with Crippen LogP contribution in [0.3, 0.4) is 0 Å². The maximum atomic E-state index is 13.5. The highest BCUT2D eigenvalue weighted by Gasteiger charge is 2.55. The highest BCUT2D eigenvalue weighted by Crippen LogP contribution is 2.61. The third-order valence-electron chi connectivity index (χ3n) is 7.85. The fourth-order valence-electron chi connectivity index (χ4n) is 7.11. The van der Waals surface area contributed by atoms with E-state index in [4.69, 9.17) is 5.73 Å². The van der Waals surface area contributed by atoms with Crippen molar-refractivity contribution in [3.63, 3.8) is 0 Å². The van der Waals surface area contributed by atoms with Crippen molar-refractivity contribution in [3.05, 3.63) is 35.9 Å². The van der Waals surface area contributed by atoms with Crippen LogP contribution >= 0.6 is 0 Å². The van der Waals surface area contributed by atoms with Gasteiger partial charge in [-0.25, -0.2) is 0 Å². The number of hydrogen-bond donors (Lipinski definition) is 2. The van der Waals surface area contributed by atoms with Crippen LogP contribution in [0.4, 0.5) is 0 Å². The molecule has 0 saturated heterocycles. The summed E-state index contributed by atoms with van der Waals surface area (Å²) in [6.45, 7) is 7.08. The van der Waals surface area contributed by atoms with Crippen molar-refractivity contribution in [1.82, 2.24) is 5.32 Å². The summed E-state index contributed by atoms with van der Waals surface area (Å²) in [6.07, 6.45) is 9.79. The molecule has 3 aliphatic rings. The average Bonchev–Trinajstić information content (AvgIpc) is 2.62. The lowest BCUT2D eigenvalue weighted by Gasteiger charge is -2.57. The van der Waals surface area contributed by atoms with E-state index in [1.165, 1.54) is 24.8 Å². The Balaban J connectivity index is 1.58. The van der Waals surface area contributed by atoms with E-state index in [1.54, 1.807) is 0 Å². The third-order valence-corrected chi connectivity index (χ3v) is 7.85. The van der Waals surface area contributed by atoms with Gasteiger partial charge in [0.1, 0.15) is 0 Å². The normalized spacial score (nSPS) is 39.9. The zero-order chi connectivity index (χ0) is 20.0. The van der Waals surface area contributed by atoms with E-state index in [2.05, 4.69) is 56.4 Å². The molecule has 3 fully saturated rings. The van der Waals surface area contributed by atoms with E-state index < -0.39 is 0 Å². The first kappa shape index (κ1) is 19.9. The molecule has 1 aromatic rings. The second kappa shape index (κ2) is 7.16. The first-order chi connectivity index (χ1) is 13.2. The van der Waals surface area contributed by atoms with Crippen LogP contribution in [0.15, 0.2) is 30.3 Å². The standard InChI is InChI=1S/C25H38N2O/c1-23(2)13-18-14-24(3,22(28)27-21-11-9-20(26)10-12-21)17-25(15-18,16-23)19-7-5-4-6-8-19/h4-8,18,20-21H,9-17,26H2,1-3H3,(H,27,28). The van der Waals surface area contributed by atoms with Gasteiger partial charge in [0.15, 0.2) is 0 Å². The molecule has 0 heterocycles. The SMILES string of the molecule is CC1(C)CC2CC(C)(C(=O)NC3CCC(N)CC3)CC(c3ccccc3)(C2)C1. The van der Waals surface area contributed by atoms with Gasteiger partial charge in [-0.3, -0.25) is 4.79 Å². The van der Waals surface area contributed by atoms with Crippen LogP contribution in [0.2, 0.25) is 0 Å². The van der Waals surface area contributed by atoms with Crippen LogP contribution < -0.4 is 11.1 Å². The zero-order valence-corrected chi connectivity index (χ0v) is 18.0. The van der Waals surface area contributed by atoms with E-state index in [0.717, 1.165) is 38.5 Å². The van der Waals surface area contributed by atoms with E-state index in [1.807, 2.05) is 0 Å². The van der Waals surface area contributed by atoms with Gasteiger partial charge in [-0.2, -0.15) is 0 Å². The van der Waals surface area contributed by atoms with Crippen LogP contribution in [0.1, 0.15) is 84.1 Å². The number of carbonyl (C=O) groups excluding carboxylic acids is 1. The molecule has 3 aliphatic carbocycles. The molecule has 0 aliphatic heterocycles. The van der Waals surface area contributed by atoms with Crippen molar-refractivity contribution in [2.75, 3.05) is 0 Å². The van der Waals surface area contributed by atoms with Gasteiger partial charge in [-0.15, -0.1) is 0 Å². The minimum atomic E-state index is -0.269. The lowest BCUT2D eigenvalue weighted by molar-refractivity contribution is -0.138. The second-order valence-corrected chi connectivity index (χ2v) is 11.3. The van der Waals surface area contributed by atoms with Crippen LogP contribution in [-0.2, 0) is 10.2 Å². The molecule has 3 saturated carbocycles. The Morgan fingerprint density at radius 2 is 1.64 bits per heavy atom. The number of nitrogens with one attached hydrogen (secondary N) is 1. The first-order valence-electron chi connectivity index (χ1n) is 11.3. The molecule has 3 nitrogen and oxygen atoms in total. The Kier molecular flexibility index (Phi) is 5.10. The number of amides is 1. The van der Waals surface area contributed by atoms with Crippen molar-refractivity contribution >= 4 is 5.91 Å². The summed E-state index contributed by atoms with van der Waals surface area (Å²) in [7, 11) is 0. The largest absolute Gasteiger partial charge is 0.353 e. The highest BCUT2D eigenvalue weighted by molar-refractivity contribution is 5.83. The van der Waals surface area contributed by atoms with Crippen molar-refractivity contribution in [3.8, 4) is 0 Å². The number of carbonyl (C=O) groups is 1. The molecule has 3 atom stereocenters. The van der Waals surface area contributed by atoms with Gasteiger partial charge < -0.3 is 11.1 Å². The molecule has 1 amide bonds. The molecular formula is C25H38N2O. The molecule has 3 N–H and O–H groups in total. The maximum absolute atomic E-state index is 13.5. The Bertz CT molecular complexity index is 707. The van der Waals surface area contributed by atoms with Crippen molar-refractivity contribution in [2.45, 2.75) is 96.1 Å². The monoisotopic (exact) mass is 382 g/mol. The molecule has 2 bridgehead atoms. The molecule has 28 heavy (non-hydrogen) atoms. The summed E-state index contributed by atoms with van der Waals surface area (Å²) in [5, 5.41) is 3.43. The predicted octanol–water partition coefficient (Wildman–Crippen LogP) is 4.94. The fraction of sp³-hybridized carbons (Fsp3) is 0.720. The van der Waals surface area contributed by atoms with Crippen LogP contribution in [0.25, 0.3) is 0 Å². The van der Waals surface area contributed by atoms with Gasteiger partial charge in [0.25, 0.3) is 0 Å². The van der Waals surface area contributed by atoms with E-state index >= 15 is 0 Å². The summed E-state index contributed by atoms with van der Waals surface area (Å²) in [5.74, 6) is 0.922. The van der Waals surface area contributed by atoms with Crippen molar-refractivity contribution in [1.29, 1.82) is 0 Å². The maximum Gasteiger partial charge on any atom is 0.226 e. The van der Waals surface area contributed by atoms with Gasteiger partial charge in [0.2, 0.25) is 5.91 Å². The Labute approximate surface area is 170 Å². The van der Waals surface area contributed by atoms with Gasteiger partial charge in [-0.05, 0) is 80.1 Å². The Morgan fingerprint density at radius 3 is 2.32 bits per heavy atom. The molecule has 0 aromatic heterocycles. The summed E-state index contributed by atoms with van der Waals surface area (Å²) >= 11 is 0. The van der Waals surface area contributed by atoms with E-state index in [-0.39, 0.29) is 16.7 Å². The Hall–Kier alpha value is -1.35. The summed E-state index contributed by atoms with van der Waals surface area (Å²) < 4.78 is 0. The number of nitrogens with two attached hydrogens (primary N) is 1. The van der Waals surface area contributed by atoms with Crippen molar-refractivity contribution < 1.29 is 4.79 Å². The molecule has 3 heteroatoms. The van der Waals surface area contributed by atoms with Gasteiger partial charge in [0.05, 0.1) is 0 Å². The number of rotatable bonds is 3. The smallest absolute Gasteiger partial charge is 0.226 e. The quantitative estimate of drug-likeness (QED) is 0.778. The second-order valence-electron chi connectivity index (χ2n) is 11.3. The summed E-state index contributed by atoms with van der Waals surface area (Å²) in [5.41, 5.74) is 7.70. The first-order valence-corrected chi connectivity index (χ1v) is 11.3. The summed E-state index contributed by atoms with van der Waals surface area (Å²) in [6, 6.07) is 11.7. The van der Waals surface area contributed by atoms with Crippen molar-refractivity contribution in [2.24, 2.45) is 22.5 Å². The number of hydrogen-bond acceptors (Lipinski definition) is 2. The van der Waals surface area contributed by atoms with E-state index in [0.29, 0.717) is 23.4 Å². The average molecular weight is 383 g/mol. The lowest BCUT2D eigenvalue weighted by Crippen LogP contribution is -2.55. The van der Waals surface area contributed by atoms with Gasteiger partial charge >= 0.3 is 0 Å². The molecule has 154 valence electrons. The zero-order valence-electron chi connectivity index (χ0n) is 18.0. The third kappa shape index (κ3) is 3.87. The Morgan fingerprint density at radius 1 is 0.964 bits per heavy atom. The molecule has 3 unspecified atom stereocenters. The van der Waals surface area contributed by atoms with Gasteiger partial charge in [-0.1, -0.05) is 51.1 Å². The summed E-state index contributed by atoms with van der Waals surface area (Å²) in [4.78, 5) is 13.5. The topological polar surface area (TPSA) is 55.1 Å². The van der Waals surface area contributed by atoms with Gasteiger partial charge in [0, 0.05) is 17.5 Å². The molecule has 0 spiro atoms. The van der Waals surface area contributed by atoms with Crippen LogP contribution in [-0.4, -0.2) is 18.0 Å². The molecule has 1 aromatic carbocycles.